The number of nitrogens with zero attached hydrogens (tertiary/aromatic N) is 1. The molecule has 0 saturated heterocycles. The van der Waals surface area contributed by atoms with Gasteiger partial charge in [-0.2, -0.15) is 0 Å². The van der Waals surface area contributed by atoms with Gasteiger partial charge in [-0.3, -0.25) is 9.59 Å². The van der Waals surface area contributed by atoms with Crippen LogP contribution in [0.15, 0.2) is 9.32 Å². The zero-order valence-electron chi connectivity index (χ0n) is 12.7. The van der Waals surface area contributed by atoms with Gasteiger partial charge in [0.05, 0.1) is 14.9 Å². The molecule has 2 aromatic heterocycles. The summed E-state index contributed by atoms with van der Waals surface area (Å²) in [6.07, 6.45) is 3.22. The molecule has 0 saturated carbocycles. The van der Waals surface area contributed by atoms with Crippen molar-refractivity contribution < 1.29 is 9.32 Å². The van der Waals surface area contributed by atoms with Crippen LogP contribution in [0, 0.1) is 19.3 Å². The number of hydrogen-bond donors (Lipinski definition) is 1. The Kier molecular flexibility index (Phi) is 4.00. The summed E-state index contributed by atoms with van der Waals surface area (Å²) in [4.78, 5) is 26.6. The summed E-state index contributed by atoms with van der Waals surface area (Å²) in [6.45, 7) is 9.14. The van der Waals surface area contributed by atoms with Gasteiger partial charge in [-0.1, -0.05) is 25.9 Å². The summed E-state index contributed by atoms with van der Waals surface area (Å²) in [5.41, 5.74) is 0.854. The highest BCUT2D eigenvalue weighted by atomic mass is 32.1. The summed E-state index contributed by atoms with van der Waals surface area (Å²) in [7, 11) is 0. The minimum atomic E-state index is -0.466. The molecule has 2 heterocycles. The Morgan fingerprint density at radius 1 is 1.33 bits per heavy atom. The first-order chi connectivity index (χ1) is 9.68. The highest BCUT2D eigenvalue weighted by molar-refractivity contribution is 7.07. The highest BCUT2D eigenvalue weighted by Crippen LogP contribution is 2.15. The monoisotopic (exact) mass is 306 g/mol. The molecule has 0 atom stereocenters. The molecule has 0 aliphatic carbocycles. The quantitative estimate of drug-likeness (QED) is 0.906. The molecule has 21 heavy (non-hydrogen) atoms. The average Bonchev–Trinajstić information content (AvgIpc) is 2.86. The first-order valence-electron chi connectivity index (χ1n) is 6.58. The van der Waals surface area contributed by atoms with Crippen molar-refractivity contribution in [2.75, 3.05) is 0 Å². The second kappa shape index (κ2) is 5.44. The molecule has 6 heteroatoms. The van der Waals surface area contributed by atoms with Crippen molar-refractivity contribution in [2.24, 2.45) is 5.41 Å². The maximum Gasteiger partial charge on any atom is 0.266 e. The van der Waals surface area contributed by atoms with Crippen molar-refractivity contribution in [1.29, 1.82) is 0 Å². The van der Waals surface area contributed by atoms with E-state index in [1.54, 1.807) is 13.0 Å². The summed E-state index contributed by atoms with van der Waals surface area (Å²) in [5, 5.41) is 3.85. The van der Waals surface area contributed by atoms with E-state index in [0.29, 0.717) is 15.0 Å². The Morgan fingerprint density at radius 2 is 2.00 bits per heavy atom. The van der Waals surface area contributed by atoms with Gasteiger partial charge < -0.3 is 9.51 Å². The minimum absolute atomic E-state index is 0.0242. The van der Waals surface area contributed by atoms with Gasteiger partial charge in [-0.15, -0.1) is 11.3 Å². The molecule has 0 unspecified atom stereocenters. The van der Waals surface area contributed by atoms with E-state index in [4.69, 9.17) is 4.52 Å². The van der Waals surface area contributed by atoms with Crippen molar-refractivity contribution in [3.05, 3.63) is 36.6 Å². The van der Waals surface area contributed by atoms with Gasteiger partial charge >= 0.3 is 0 Å². The number of ketones is 1. The number of carbonyl (C=O) groups is 1. The Morgan fingerprint density at radius 3 is 2.52 bits per heavy atom. The topological polar surface area (TPSA) is 76.0 Å². The van der Waals surface area contributed by atoms with Gasteiger partial charge in [0.2, 0.25) is 0 Å². The molecule has 0 aliphatic heterocycles. The molecule has 112 valence electrons. The maximum absolute atomic E-state index is 12.0. The van der Waals surface area contributed by atoms with E-state index in [2.05, 4.69) is 10.1 Å². The second-order valence-electron chi connectivity index (χ2n) is 5.93. The second-order valence-corrected chi connectivity index (χ2v) is 7.01. The molecule has 2 rings (SSSR count). The molecule has 1 N–H and O–H groups in total. The molecule has 0 fully saturated rings. The van der Waals surface area contributed by atoms with Crippen molar-refractivity contribution in [3.63, 3.8) is 0 Å². The van der Waals surface area contributed by atoms with Crippen LogP contribution in [-0.2, 0) is 4.79 Å². The van der Waals surface area contributed by atoms with Crippen molar-refractivity contribution in [2.45, 2.75) is 34.6 Å². The lowest BCUT2D eigenvalue weighted by molar-refractivity contribution is -0.119. The zero-order chi connectivity index (χ0) is 15.8. The Hall–Kier alpha value is -1.95. The van der Waals surface area contributed by atoms with Gasteiger partial charge in [0.25, 0.3) is 5.56 Å². The van der Waals surface area contributed by atoms with Crippen LogP contribution in [0.3, 0.4) is 0 Å². The zero-order valence-corrected chi connectivity index (χ0v) is 13.6. The number of aromatic amines is 1. The number of Topliss-reactive ketones (excluding diaryl/α,β-unsaturated/α-hetero) is 1. The number of hydrogen-bond acceptors (Lipinski definition) is 5. The van der Waals surface area contributed by atoms with Crippen molar-refractivity contribution >= 4 is 29.3 Å². The van der Waals surface area contributed by atoms with Crippen LogP contribution >= 0.6 is 11.3 Å². The third kappa shape index (κ3) is 3.39. The predicted molar refractivity (Wildman–Crippen MR) is 82.7 cm³/mol. The first-order valence-corrected chi connectivity index (χ1v) is 7.40. The predicted octanol–water partition coefficient (Wildman–Crippen LogP) is 1.27. The molecule has 0 spiro atoms. The van der Waals surface area contributed by atoms with Crippen LogP contribution in [0.1, 0.15) is 37.8 Å². The fourth-order valence-electron chi connectivity index (χ4n) is 1.69. The Bertz CT molecular complexity index is 827. The normalized spacial score (nSPS) is 14.0. The minimum Gasteiger partial charge on any atom is -0.361 e. The van der Waals surface area contributed by atoms with E-state index < -0.39 is 5.41 Å². The van der Waals surface area contributed by atoms with Gasteiger partial charge in [0.1, 0.15) is 5.76 Å². The number of carbonyl (C=O) groups excluding carboxylic acids is 1. The number of aryl methyl sites for hydroxylation is 2. The standard InChI is InChI=1S/C15H18N2O3S/c1-8-10(9(2)20-17-8)6-11-14(19)16-13(21-11)7-12(18)15(3,4)5/h6-7H,1-5H3,(H,16,19). The van der Waals surface area contributed by atoms with Crippen LogP contribution in [0.25, 0.3) is 12.2 Å². The smallest absolute Gasteiger partial charge is 0.266 e. The lowest BCUT2D eigenvalue weighted by Crippen LogP contribution is -2.22. The molecular weight excluding hydrogens is 288 g/mol. The largest absolute Gasteiger partial charge is 0.361 e. The summed E-state index contributed by atoms with van der Waals surface area (Å²) in [5.74, 6) is 0.639. The summed E-state index contributed by atoms with van der Waals surface area (Å²) in [6, 6.07) is 0. The molecule has 0 amide bonds. The van der Waals surface area contributed by atoms with Gasteiger partial charge in [-0.25, -0.2) is 0 Å². The third-order valence-corrected chi connectivity index (χ3v) is 4.01. The van der Waals surface area contributed by atoms with Crippen LogP contribution in [-0.4, -0.2) is 15.9 Å². The molecule has 0 radical (unpaired) electrons. The SMILES string of the molecule is Cc1noc(C)c1C=c1sc(=CC(=O)C(C)(C)C)[nH]c1=O. The van der Waals surface area contributed by atoms with Crippen LogP contribution < -0.4 is 14.8 Å². The summed E-state index contributed by atoms with van der Waals surface area (Å²) < 4.78 is 6.15. The van der Waals surface area contributed by atoms with Crippen LogP contribution in [0.4, 0.5) is 0 Å². The highest BCUT2D eigenvalue weighted by Gasteiger charge is 2.18. The number of H-pyrrole nitrogens is 1. The maximum atomic E-state index is 12.0. The Labute approximate surface area is 126 Å². The van der Waals surface area contributed by atoms with E-state index in [1.165, 1.54) is 17.4 Å². The van der Waals surface area contributed by atoms with E-state index in [1.807, 2.05) is 27.7 Å². The molecular formula is C15H18N2O3S. The van der Waals surface area contributed by atoms with Crippen LogP contribution in [0.5, 0.6) is 0 Å². The van der Waals surface area contributed by atoms with E-state index in [9.17, 15) is 9.59 Å². The van der Waals surface area contributed by atoms with Crippen molar-refractivity contribution in [1.82, 2.24) is 10.1 Å². The molecule has 0 aromatic carbocycles. The molecule has 5 nitrogen and oxygen atoms in total. The fourth-order valence-corrected chi connectivity index (χ4v) is 2.55. The van der Waals surface area contributed by atoms with Gasteiger partial charge in [0, 0.05) is 17.1 Å². The van der Waals surface area contributed by atoms with E-state index >= 15 is 0 Å². The number of nitrogens with one attached hydrogen (secondary N) is 1. The number of aromatic nitrogens is 2. The molecule has 0 bridgehead atoms. The Balaban J connectivity index is 2.53. The molecule has 0 aliphatic rings. The van der Waals surface area contributed by atoms with Gasteiger partial charge in [-0.05, 0) is 19.9 Å². The van der Waals surface area contributed by atoms with Crippen LogP contribution in [0.2, 0.25) is 0 Å². The number of rotatable bonds is 2. The first kappa shape index (κ1) is 15.4. The lowest BCUT2D eigenvalue weighted by Gasteiger charge is -2.12. The number of thiazole rings is 1. The van der Waals surface area contributed by atoms with Crippen molar-refractivity contribution in [3.8, 4) is 0 Å². The van der Waals surface area contributed by atoms with E-state index in [-0.39, 0.29) is 11.3 Å². The van der Waals surface area contributed by atoms with Gasteiger partial charge in [0.15, 0.2) is 5.78 Å². The fraction of sp³-hybridized carbons (Fsp3) is 0.400. The summed E-state index contributed by atoms with van der Waals surface area (Å²) >= 11 is 1.25. The molecule has 2 aromatic rings. The van der Waals surface area contributed by atoms with E-state index in [0.717, 1.165) is 11.3 Å². The lowest BCUT2D eigenvalue weighted by atomic mass is 9.91. The third-order valence-electron chi connectivity index (χ3n) is 3.05. The average molecular weight is 306 g/mol.